The summed E-state index contributed by atoms with van der Waals surface area (Å²) in [5.74, 6) is 0. The summed E-state index contributed by atoms with van der Waals surface area (Å²) in [6.07, 6.45) is 2.68. The standard InChI is InChI=1S/C17H12ClN3S/c18-13-1-2-15-14(7-13)17(12(8-19)9-20-15)21-5-3-16-11(10-21)4-6-22-16/h1-2,4,6-7,9H,3,5,10H2. The second-order valence-corrected chi connectivity index (χ2v) is 6.77. The summed E-state index contributed by atoms with van der Waals surface area (Å²) in [5, 5.41) is 13.2. The van der Waals surface area contributed by atoms with Crippen LogP contribution >= 0.6 is 22.9 Å². The fourth-order valence-corrected chi connectivity index (χ4v) is 4.07. The molecule has 0 unspecified atom stereocenters. The van der Waals surface area contributed by atoms with Crippen molar-refractivity contribution in [2.45, 2.75) is 13.0 Å². The minimum atomic E-state index is 0.605. The molecule has 22 heavy (non-hydrogen) atoms. The molecule has 0 N–H and O–H groups in total. The maximum absolute atomic E-state index is 9.49. The second-order valence-electron chi connectivity index (χ2n) is 5.33. The zero-order chi connectivity index (χ0) is 15.1. The summed E-state index contributed by atoms with van der Waals surface area (Å²) >= 11 is 7.97. The van der Waals surface area contributed by atoms with E-state index in [1.165, 1.54) is 10.4 Å². The first-order valence-electron chi connectivity index (χ1n) is 7.05. The molecule has 1 aliphatic heterocycles. The van der Waals surface area contributed by atoms with Crippen molar-refractivity contribution in [2.24, 2.45) is 0 Å². The van der Waals surface area contributed by atoms with Crippen LogP contribution in [-0.2, 0) is 13.0 Å². The third-order valence-corrected chi connectivity index (χ3v) is 5.30. The number of nitriles is 1. The smallest absolute Gasteiger partial charge is 0.103 e. The molecule has 0 fully saturated rings. The molecule has 2 aromatic heterocycles. The Bertz CT molecular complexity index is 910. The van der Waals surface area contributed by atoms with Crippen molar-refractivity contribution >= 4 is 39.5 Å². The predicted molar refractivity (Wildman–Crippen MR) is 90.5 cm³/mol. The van der Waals surface area contributed by atoms with Gasteiger partial charge in [0.05, 0.1) is 16.8 Å². The number of aromatic nitrogens is 1. The average molecular weight is 326 g/mol. The van der Waals surface area contributed by atoms with Gasteiger partial charge in [-0.05, 0) is 41.6 Å². The van der Waals surface area contributed by atoms with E-state index in [-0.39, 0.29) is 0 Å². The Morgan fingerprint density at radius 3 is 3.09 bits per heavy atom. The molecule has 5 heteroatoms. The van der Waals surface area contributed by atoms with Crippen molar-refractivity contribution in [3.8, 4) is 6.07 Å². The molecule has 0 saturated heterocycles. The highest BCUT2D eigenvalue weighted by Crippen LogP contribution is 2.35. The predicted octanol–water partition coefficient (Wildman–Crippen LogP) is 4.38. The lowest BCUT2D eigenvalue weighted by Gasteiger charge is -2.30. The quantitative estimate of drug-likeness (QED) is 0.666. The lowest BCUT2D eigenvalue weighted by Crippen LogP contribution is -2.30. The van der Waals surface area contributed by atoms with E-state index >= 15 is 0 Å². The van der Waals surface area contributed by atoms with E-state index in [1.807, 2.05) is 29.5 Å². The number of halogens is 1. The van der Waals surface area contributed by atoms with Crippen molar-refractivity contribution in [3.05, 3.63) is 56.9 Å². The van der Waals surface area contributed by atoms with Gasteiger partial charge in [0, 0.05) is 34.6 Å². The van der Waals surface area contributed by atoms with Crippen LogP contribution in [0, 0.1) is 11.3 Å². The Morgan fingerprint density at radius 1 is 1.32 bits per heavy atom. The topological polar surface area (TPSA) is 39.9 Å². The highest BCUT2D eigenvalue weighted by Gasteiger charge is 2.22. The first-order chi connectivity index (χ1) is 10.8. The van der Waals surface area contributed by atoms with Crippen LogP contribution in [0.3, 0.4) is 0 Å². The highest BCUT2D eigenvalue weighted by atomic mass is 35.5. The molecule has 3 aromatic rings. The number of thiophene rings is 1. The van der Waals surface area contributed by atoms with Gasteiger partial charge in [0.25, 0.3) is 0 Å². The molecule has 0 saturated carbocycles. The van der Waals surface area contributed by atoms with Crippen molar-refractivity contribution < 1.29 is 0 Å². The van der Waals surface area contributed by atoms with E-state index in [0.717, 1.165) is 36.1 Å². The van der Waals surface area contributed by atoms with Crippen LogP contribution in [0.1, 0.15) is 16.0 Å². The fourth-order valence-electron chi connectivity index (χ4n) is 3.01. The summed E-state index contributed by atoms with van der Waals surface area (Å²) in [6, 6.07) is 10.1. The van der Waals surface area contributed by atoms with Crippen molar-refractivity contribution in [2.75, 3.05) is 11.4 Å². The zero-order valence-corrected chi connectivity index (χ0v) is 13.3. The van der Waals surface area contributed by atoms with Crippen LogP contribution in [0.4, 0.5) is 5.69 Å². The minimum Gasteiger partial charge on any atom is -0.365 e. The molecule has 0 radical (unpaired) electrons. The molecule has 0 spiro atoms. The Morgan fingerprint density at radius 2 is 2.23 bits per heavy atom. The monoisotopic (exact) mass is 325 g/mol. The van der Waals surface area contributed by atoms with E-state index in [0.29, 0.717) is 10.6 Å². The number of hydrogen-bond donors (Lipinski definition) is 0. The lowest BCUT2D eigenvalue weighted by molar-refractivity contribution is 0.745. The Labute approximate surface area is 137 Å². The maximum atomic E-state index is 9.49. The van der Waals surface area contributed by atoms with Crippen LogP contribution in [0.5, 0.6) is 0 Å². The van der Waals surface area contributed by atoms with Gasteiger partial charge in [-0.2, -0.15) is 5.26 Å². The summed E-state index contributed by atoms with van der Waals surface area (Å²) < 4.78 is 0. The molecular formula is C17H12ClN3S. The number of rotatable bonds is 1. The number of anilines is 1. The van der Waals surface area contributed by atoms with Crippen molar-refractivity contribution in [1.29, 1.82) is 5.26 Å². The number of pyridine rings is 1. The molecule has 3 nitrogen and oxygen atoms in total. The molecule has 1 aliphatic rings. The molecule has 4 rings (SSSR count). The van der Waals surface area contributed by atoms with Crippen molar-refractivity contribution in [1.82, 2.24) is 4.98 Å². The molecule has 108 valence electrons. The number of benzene rings is 1. The van der Waals surface area contributed by atoms with Gasteiger partial charge in [-0.15, -0.1) is 11.3 Å². The Balaban J connectivity index is 1.90. The van der Waals surface area contributed by atoms with Gasteiger partial charge in [0.1, 0.15) is 6.07 Å². The van der Waals surface area contributed by atoms with Crippen LogP contribution in [0.2, 0.25) is 5.02 Å². The molecule has 0 bridgehead atoms. The summed E-state index contributed by atoms with van der Waals surface area (Å²) in [7, 11) is 0. The third kappa shape index (κ3) is 2.14. The van der Waals surface area contributed by atoms with Crippen LogP contribution in [0.15, 0.2) is 35.8 Å². The first-order valence-corrected chi connectivity index (χ1v) is 8.30. The fraction of sp³-hybridized carbons (Fsp3) is 0.176. The zero-order valence-electron chi connectivity index (χ0n) is 11.7. The molecular weight excluding hydrogens is 314 g/mol. The van der Waals surface area contributed by atoms with Gasteiger partial charge in [-0.25, -0.2) is 0 Å². The van der Waals surface area contributed by atoms with Gasteiger partial charge in [0.15, 0.2) is 0 Å². The normalized spacial score (nSPS) is 13.9. The Hall–Kier alpha value is -2.09. The molecule has 3 heterocycles. The summed E-state index contributed by atoms with van der Waals surface area (Å²) in [6.45, 7) is 1.74. The van der Waals surface area contributed by atoms with E-state index in [1.54, 1.807) is 6.20 Å². The number of nitrogens with zero attached hydrogens (tertiary/aromatic N) is 3. The first kappa shape index (κ1) is 13.6. The maximum Gasteiger partial charge on any atom is 0.103 e. The van der Waals surface area contributed by atoms with Gasteiger partial charge in [0.2, 0.25) is 0 Å². The van der Waals surface area contributed by atoms with E-state index in [2.05, 4.69) is 27.4 Å². The third-order valence-electron chi connectivity index (χ3n) is 4.05. The minimum absolute atomic E-state index is 0.605. The second kappa shape index (κ2) is 5.28. The SMILES string of the molecule is N#Cc1cnc2ccc(Cl)cc2c1N1CCc2sccc2C1. The number of fused-ring (bicyclic) bond motifs is 2. The molecule has 0 atom stereocenters. The van der Waals surface area contributed by atoms with Crippen LogP contribution < -0.4 is 4.90 Å². The summed E-state index contributed by atoms with van der Waals surface area (Å²) in [5.41, 5.74) is 3.78. The van der Waals surface area contributed by atoms with Gasteiger partial charge < -0.3 is 4.90 Å². The molecule has 0 aliphatic carbocycles. The number of hydrogen-bond acceptors (Lipinski definition) is 4. The van der Waals surface area contributed by atoms with E-state index < -0.39 is 0 Å². The van der Waals surface area contributed by atoms with Crippen LogP contribution in [-0.4, -0.2) is 11.5 Å². The van der Waals surface area contributed by atoms with Crippen LogP contribution in [0.25, 0.3) is 10.9 Å². The lowest BCUT2D eigenvalue weighted by atomic mass is 10.0. The molecule has 1 aromatic carbocycles. The van der Waals surface area contributed by atoms with Crippen molar-refractivity contribution in [3.63, 3.8) is 0 Å². The van der Waals surface area contributed by atoms with Gasteiger partial charge in [-0.1, -0.05) is 11.6 Å². The van der Waals surface area contributed by atoms with E-state index in [9.17, 15) is 5.26 Å². The average Bonchev–Trinajstić information content (AvgIpc) is 3.01. The highest BCUT2D eigenvalue weighted by molar-refractivity contribution is 7.10. The Kier molecular flexibility index (Phi) is 3.25. The van der Waals surface area contributed by atoms with E-state index in [4.69, 9.17) is 11.6 Å². The molecule has 0 amide bonds. The largest absolute Gasteiger partial charge is 0.365 e. The summed E-state index contributed by atoms with van der Waals surface area (Å²) in [4.78, 5) is 8.10. The van der Waals surface area contributed by atoms with Gasteiger partial charge >= 0.3 is 0 Å². The van der Waals surface area contributed by atoms with Gasteiger partial charge in [-0.3, -0.25) is 4.98 Å².